The van der Waals surface area contributed by atoms with Crippen molar-refractivity contribution in [2.24, 2.45) is 5.92 Å². The van der Waals surface area contributed by atoms with E-state index in [-0.39, 0.29) is 12.0 Å². The molecule has 26 heavy (non-hydrogen) atoms. The quantitative estimate of drug-likeness (QED) is 0.639. The third-order valence-corrected chi connectivity index (χ3v) is 7.06. The number of rotatable bonds is 3. The van der Waals surface area contributed by atoms with Gasteiger partial charge in [-0.15, -0.1) is 11.3 Å². The van der Waals surface area contributed by atoms with Gasteiger partial charge in [-0.3, -0.25) is 4.79 Å². The molecule has 2 atom stereocenters. The lowest BCUT2D eigenvalue weighted by Gasteiger charge is -2.31. The number of thioether (sulfide) groups is 1. The van der Waals surface area contributed by atoms with Gasteiger partial charge in [0.25, 0.3) is 0 Å². The lowest BCUT2D eigenvalue weighted by Crippen LogP contribution is -2.45. The monoisotopic (exact) mass is 392 g/mol. The van der Waals surface area contributed by atoms with Crippen LogP contribution in [0.4, 0.5) is 5.82 Å². The zero-order chi connectivity index (χ0) is 18.3. The van der Waals surface area contributed by atoms with Gasteiger partial charge in [0, 0.05) is 18.0 Å². The topological polar surface area (TPSA) is 81.3 Å². The average Bonchev–Trinajstić information content (AvgIpc) is 2.97. The number of fused-ring (bicyclic) bond motifs is 3. The predicted octanol–water partition coefficient (Wildman–Crippen LogP) is 2.74. The van der Waals surface area contributed by atoms with Crippen molar-refractivity contribution >= 4 is 45.0 Å². The van der Waals surface area contributed by atoms with Crippen molar-refractivity contribution in [3.63, 3.8) is 0 Å². The number of nitrogen functional groups attached to an aromatic ring is 1. The Bertz CT molecular complexity index is 838. The van der Waals surface area contributed by atoms with Crippen LogP contribution in [0.3, 0.4) is 0 Å². The van der Waals surface area contributed by atoms with E-state index in [0.717, 1.165) is 23.1 Å². The first-order chi connectivity index (χ1) is 12.5. The Morgan fingerprint density at radius 2 is 2.27 bits per heavy atom. The summed E-state index contributed by atoms with van der Waals surface area (Å²) in [5.41, 5.74) is 7.60. The fourth-order valence-corrected chi connectivity index (χ4v) is 5.88. The van der Waals surface area contributed by atoms with Crippen LogP contribution in [0.25, 0.3) is 10.2 Å². The molecular formula is C18H24N4O2S2. The molecule has 8 heteroatoms. The summed E-state index contributed by atoms with van der Waals surface area (Å²) < 4.78 is 5.49. The molecule has 2 N–H and O–H groups in total. The summed E-state index contributed by atoms with van der Waals surface area (Å²) in [7, 11) is 0. The minimum atomic E-state index is 0.0979. The van der Waals surface area contributed by atoms with Crippen LogP contribution in [0.1, 0.15) is 30.7 Å². The number of aromatic nitrogens is 2. The fourth-order valence-electron chi connectivity index (χ4n) is 3.68. The molecule has 0 saturated carbocycles. The number of aryl methyl sites for hydroxylation is 1. The Labute approximate surface area is 161 Å². The highest BCUT2D eigenvalue weighted by atomic mass is 32.2. The maximum atomic E-state index is 12.4. The van der Waals surface area contributed by atoms with Crippen LogP contribution in [0.5, 0.6) is 0 Å². The van der Waals surface area contributed by atoms with E-state index in [1.54, 1.807) is 11.3 Å². The molecule has 0 spiro atoms. The molecule has 0 radical (unpaired) electrons. The number of anilines is 1. The highest BCUT2D eigenvalue weighted by Crippen LogP contribution is 2.39. The van der Waals surface area contributed by atoms with Crippen LogP contribution < -0.4 is 5.73 Å². The van der Waals surface area contributed by atoms with Gasteiger partial charge in [0.2, 0.25) is 5.91 Å². The summed E-state index contributed by atoms with van der Waals surface area (Å²) in [5, 5.41) is 1.63. The van der Waals surface area contributed by atoms with E-state index in [9.17, 15) is 4.79 Å². The number of thiophene rings is 1. The van der Waals surface area contributed by atoms with E-state index in [2.05, 4.69) is 11.9 Å². The zero-order valence-corrected chi connectivity index (χ0v) is 16.8. The van der Waals surface area contributed by atoms with Gasteiger partial charge in [0.15, 0.2) is 5.16 Å². The molecule has 2 unspecified atom stereocenters. The summed E-state index contributed by atoms with van der Waals surface area (Å²) in [6, 6.07) is 0. The van der Waals surface area contributed by atoms with Crippen molar-refractivity contribution in [1.82, 2.24) is 14.9 Å². The van der Waals surface area contributed by atoms with Crippen LogP contribution in [0.2, 0.25) is 0 Å². The number of carbonyl (C=O) groups excluding carboxylic acids is 1. The summed E-state index contributed by atoms with van der Waals surface area (Å²) in [5.74, 6) is 1.70. The minimum Gasteiger partial charge on any atom is -0.383 e. The number of amides is 1. The van der Waals surface area contributed by atoms with Gasteiger partial charge in [0.1, 0.15) is 10.6 Å². The van der Waals surface area contributed by atoms with E-state index in [0.29, 0.717) is 42.3 Å². The second-order valence-corrected chi connectivity index (χ2v) is 9.26. The fraction of sp³-hybridized carbons (Fsp3) is 0.611. The maximum absolute atomic E-state index is 12.4. The molecule has 1 fully saturated rings. The van der Waals surface area contributed by atoms with Gasteiger partial charge in [-0.1, -0.05) is 18.7 Å². The van der Waals surface area contributed by atoms with Gasteiger partial charge in [-0.2, -0.15) is 0 Å². The first kappa shape index (κ1) is 18.0. The lowest BCUT2D eigenvalue weighted by molar-refractivity contribution is -0.135. The van der Waals surface area contributed by atoms with Gasteiger partial charge in [0.05, 0.1) is 23.8 Å². The number of hydrogen-bond donors (Lipinski definition) is 1. The SMILES string of the molecule is CC1CCc2c(sc3nc(SCC(=O)N4CCOC(C)C4)nc(N)c23)C1. The molecule has 0 aromatic carbocycles. The van der Waals surface area contributed by atoms with Crippen molar-refractivity contribution in [3.8, 4) is 0 Å². The number of nitrogens with two attached hydrogens (primary N) is 1. The molecule has 1 aliphatic carbocycles. The van der Waals surface area contributed by atoms with Gasteiger partial charge < -0.3 is 15.4 Å². The second kappa shape index (κ2) is 7.32. The van der Waals surface area contributed by atoms with Crippen LogP contribution in [0.15, 0.2) is 5.16 Å². The normalized spacial score (nSPS) is 23.2. The molecule has 4 rings (SSSR count). The van der Waals surface area contributed by atoms with Gasteiger partial charge in [-0.05, 0) is 37.7 Å². The second-order valence-electron chi connectivity index (χ2n) is 7.23. The Kier molecular flexibility index (Phi) is 5.07. The molecule has 2 aromatic rings. The molecule has 2 aromatic heterocycles. The van der Waals surface area contributed by atoms with E-state index in [1.165, 1.54) is 28.6 Å². The molecule has 1 amide bonds. The van der Waals surface area contributed by atoms with Crippen molar-refractivity contribution in [1.29, 1.82) is 0 Å². The molecule has 1 aliphatic heterocycles. The third-order valence-electron chi connectivity index (χ3n) is 5.08. The van der Waals surface area contributed by atoms with E-state index < -0.39 is 0 Å². The third kappa shape index (κ3) is 3.54. The number of carbonyl (C=O) groups is 1. The van der Waals surface area contributed by atoms with Crippen LogP contribution in [0, 0.1) is 5.92 Å². The van der Waals surface area contributed by atoms with E-state index in [4.69, 9.17) is 15.5 Å². The van der Waals surface area contributed by atoms with Crippen molar-refractivity contribution in [2.75, 3.05) is 31.2 Å². The first-order valence-corrected chi connectivity index (χ1v) is 10.9. The Morgan fingerprint density at radius 1 is 1.42 bits per heavy atom. The van der Waals surface area contributed by atoms with E-state index >= 15 is 0 Å². The largest absolute Gasteiger partial charge is 0.383 e. The Morgan fingerprint density at radius 3 is 3.08 bits per heavy atom. The standard InChI is InChI=1S/C18H24N4O2S2/c1-10-3-4-12-13(7-10)26-17-15(12)16(19)20-18(21-17)25-9-14(23)22-5-6-24-11(2)8-22/h10-11H,3-9H2,1-2H3,(H2,19,20,21). The number of morpholine rings is 1. The molecule has 2 aliphatic rings. The Hall–Kier alpha value is -1.38. The molecule has 3 heterocycles. The first-order valence-electron chi connectivity index (χ1n) is 9.11. The zero-order valence-electron chi connectivity index (χ0n) is 15.2. The van der Waals surface area contributed by atoms with Crippen molar-refractivity contribution in [3.05, 3.63) is 10.4 Å². The smallest absolute Gasteiger partial charge is 0.233 e. The summed E-state index contributed by atoms with van der Waals surface area (Å²) in [4.78, 5) is 25.8. The van der Waals surface area contributed by atoms with Crippen LogP contribution in [-0.4, -0.2) is 52.3 Å². The molecule has 1 saturated heterocycles. The number of ether oxygens (including phenoxy) is 1. The van der Waals surface area contributed by atoms with Crippen LogP contribution >= 0.6 is 23.1 Å². The maximum Gasteiger partial charge on any atom is 0.233 e. The van der Waals surface area contributed by atoms with Crippen molar-refractivity contribution < 1.29 is 9.53 Å². The summed E-state index contributed by atoms with van der Waals surface area (Å²) in [6.07, 6.45) is 3.46. The number of hydrogen-bond acceptors (Lipinski definition) is 7. The van der Waals surface area contributed by atoms with Gasteiger partial charge in [-0.25, -0.2) is 9.97 Å². The minimum absolute atomic E-state index is 0.0979. The number of nitrogens with zero attached hydrogens (tertiary/aromatic N) is 3. The van der Waals surface area contributed by atoms with Crippen molar-refractivity contribution in [2.45, 2.75) is 44.4 Å². The summed E-state index contributed by atoms with van der Waals surface area (Å²) in [6.45, 7) is 6.19. The molecular weight excluding hydrogens is 368 g/mol. The van der Waals surface area contributed by atoms with E-state index in [1.807, 2.05) is 11.8 Å². The molecule has 6 nitrogen and oxygen atoms in total. The average molecular weight is 393 g/mol. The highest BCUT2D eigenvalue weighted by molar-refractivity contribution is 7.99. The van der Waals surface area contributed by atoms with Crippen LogP contribution in [-0.2, 0) is 22.4 Å². The molecule has 0 bridgehead atoms. The summed E-state index contributed by atoms with van der Waals surface area (Å²) >= 11 is 3.11. The molecule has 140 valence electrons. The highest BCUT2D eigenvalue weighted by Gasteiger charge is 2.24. The predicted molar refractivity (Wildman–Crippen MR) is 106 cm³/mol. The van der Waals surface area contributed by atoms with Gasteiger partial charge >= 0.3 is 0 Å². The Balaban J connectivity index is 1.50. The lowest BCUT2D eigenvalue weighted by atomic mass is 9.89.